The van der Waals surface area contributed by atoms with Crippen LogP contribution in [0.3, 0.4) is 0 Å². The zero-order valence-corrected chi connectivity index (χ0v) is 17.6. The van der Waals surface area contributed by atoms with Crippen LogP contribution in [0.4, 0.5) is 4.39 Å². The van der Waals surface area contributed by atoms with Gasteiger partial charge in [-0.25, -0.2) is 4.39 Å². The van der Waals surface area contributed by atoms with E-state index in [9.17, 15) is 9.18 Å². The number of hydrogen-bond acceptors (Lipinski definition) is 5. The first-order valence-electron chi connectivity index (χ1n) is 9.76. The third-order valence-electron chi connectivity index (χ3n) is 4.60. The van der Waals surface area contributed by atoms with Gasteiger partial charge in [-0.3, -0.25) is 9.36 Å². The minimum Gasteiger partial charge on any atom is -0.480 e. The maximum Gasteiger partial charge on any atom is 0.196 e. The number of Topliss-reactive ketones (excluding diaryl/α,β-unsaturated/α-hetero) is 1. The molecule has 156 valence electrons. The predicted molar refractivity (Wildman–Crippen MR) is 118 cm³/mol. The molecule has 31 heavy (non-hydrogen) atoms. The van der Waals surface area contributed by atoms with Gasteiger partial charge in [0, 0.05) is 11.3 Å². The van der Waals surface area contributed by atoms with Crippen LogP contribution in [0.25, 0.3) is 5.69 Å². The first-order chi connectivity index (χ1) is 15.1. The SMILES string of the molecule is CC(Oc1ccccc1F)c1nnc(SCC(=O)c2ccccc2)n1-c1ccccc1. The zero-order valence-electron chi connectivity index (χ0n) is 16.8. The van der Waals surface area contributed by atoms with Gasteiger partial charge in [-0.05, 0) is 31.2 Å². The number of ketones is 1. The molecular formula is C24H20FN3O2S. The molecule has 1 atom stereocenters. The summed E-state index contributed by atoms with van der Waals surface area (Å²) >= 11 is 1.30. The average Bonchev–Trinajstić information content (AvgIpc) is 3.24. The van der Waals surface area contributed by atoms with Crippen molar-refractivity contribution < 1.29 is 13.9 Å². The Labute approximate surface area is 183 Å². The second kappa shape index (κ2) is 9.57. The van der Waals surface area contributed by atoms with Crippen molar-refractivity contribution in [1.29, 1.82) is 0 Å². The minimum absolute atomic E-state index is 0.00502. The molecule has 5 nitrogen and oxygen atoms in total. The number of benzene rings is 3. The molecule has 0 radical (unpaired) electrons. The van der Waals surface area contributed by atoms with Gasteiger partial charge < -0.3 is 4.74 Å². The molecule has 0 saturated carbocycles. The molecule has 4 aromatic rings. The molecule has 0 spiro atoms. The fourth-order valence-electron chi connectivity index (χ4n) is 3.08. The van der Waals surface area contributed by atoms with E-state index in [2.05, 4.69) is 10.2 Å². The largest absolute Gasteiger partial charge is 0.480 e. The molecule has 0 saturated heterocycles. The summed E-state index contributed by atoms with van der Waals surface area (Å²) in [5.41, 5.74) is 1.48. The molecule has 4 rings (SSSR count). The Balaban J connectivity index is 1.61. The van der Waals surface area contributed by atoms with Crippen molar-refractivity contribution in [3.63, 3.8) is 0 Å². The second-order valence-electron chi connectivity index (χ2n) is 6.78. The van der Waals surface area contributed by atoms with Gasteiger partial charge in [0.2, 0.25) is 0 Å². The Bertz CT molecular complexity index is 1170. The van der Waals surface area contributed by atoms with Gasteiger partial charge in [0.05, 0.1) is 5.75 Å². The monoisotopic (exact) mass is 433 g/mol. The van der Waals surface area contributed by atoms with E-state index in [1.807, 2.05) is 53.1 Å². The first kappa shape index (κ1) is 20.8. The lowest BCUT2D eigenvalue weighted by Gasteiger charge is -2.17. The number of thioether (sulfide) groups is 1. The summed E-state index contributed by atoms with van der Waals surface area (Å²) in [6.45, 7) is 1.79. The van der Waals surface area contributed by atoms with E-state index in [4.69, 9.17) is 4.74 Å². The summed E-state index contributed by atoms with van der Waals surface area (Å²) in [7, 11) is 0. The summed E-state index contributed by atoms with van der Waals surface area (Å²) < 4.78 is 21.7. The smallest absolute Gasteiger partial charge is 0.196 e. The Morgan fingerprint density at radius 3 is 2.32 bits per heavy atom. The summed E-state index contributed by atoms with van der Waals surface area (Å²) in [6, 6.07) is 25.0. The maximum atomic E-state index is 14.1. The number of para-hydroxylation sites is 2. The van der Waals surface area contributed by atoms with E-state index >= 15 is 0 Å². The van der Waals surface area contributed by atoms with Crippen LogP contribution in [-0.2, 0) is 0 Å². The normalized spacial score (nSPS) is 11.8. The highest BCUT2D eigenvalue weighted by Crippen LogP contribution is 2.29. The van der Waals surface area contributed by atoms with Gasteiger partial charge in [-0.15, -0.1) is 10.2 Å². The quantitative estimate of drug-likeness (QED) is 0.270. The molecular weight excluding hydrogens is 413 g/mol. The van der Waals surface area contributed by atoms with Gasteiger partial charge in [-0.2, -0.15) is 0 Å². The molecule has 7 heteroatoms. The Hall–Kier alpha value is -3.45. The van der Waals surface area contributed by atoms with Gasteiger partial charge in [0.25, 0.3) is 0 Å². The van der Waals surface area contributed by atoms with Crippen LogP contribution in [0.2, 0.25) is 0 Å². The van der Waals surface area contributed by atoms with Gasteiger partial charge in [-0.1, -0.05) is 72.4 Å². The van der Waals surface area contributed by atoms with Crippen LogP contribution in [0.5, 0.6) is 5.75 Å². The standard InChI is InChI=1S/C24H20FN3O2S/c1-17(30-22-15-9-8-14-20(22)25)23-26-27-24(28(23)19-12-6-3-7-13-19)31-16-21(29)18-10-4-2-5-11-18/h2-15,17H,16H2,1H3. The molecule has 0 aliphatic heterocycles. The highest BCUT2D eigenvalue weighted by atomic mass is 32.2. The minimum atomic E-state index is -0.566. The van der Waals surface area contributed by atoms with E-state index in [0.717, 1.165) is 5.69 Å². The van der Waals surface area contributed by atoms with Gasteiger partial charge in [0.1, 0.15) is 0 Å². The predicted octanol–water partition coefficient (Wildman–Crippen LogP) is 5.52. The fraction of sp³-hybridized carbons (Fsp3) is 0.125. The van der Waals surface area contributed by atoms with Crippen LogP contribution >= 0.6 is 11.8 Å². The molecule has 0 aliphatic carbocycles. The van der Waals surface area contributed by atoms with Crippen LogP contribution < -0.4 is 4.74 Å². The molecule has 3 aromatic carbocycles. The molecule has 1 aromatic heterocycles. The second-order valence-corrected chi connectivity index (χ2v) is 7.72. The van der Waals surface area contributed by atoms with Crippen LogP contribution in [0.15, 0.2) is 90.1 Å². The number of halogens is 1. The number of nitrogens with zero attached hydrogens (tertiary/aromatic N) is 3. The van der Waals surface area contributed by atoms with E-state index < -0.39 is 11.9 Å². The van der Waals surface area contributed by atoms with Crippen molar-refractivity contribution in [3.05, 3.63) is 102 Å². The van der Waals surface area contributed by atoms with Crippen molar-refractivity contribution in [1.82, 2.24) is 14.8 Å². The Morgan fingerprint density at radius 2 is 1.61 bits per heavy atom. The zero-order chi connectivity index (χ0) is 21.6. The molecule has 0 aliphatic rings. The lowest BCUT2D eigenvalue weighted by molar-refractivity contribution is 0.102. The van der Waals surface area contributed by atoms with E-state index in [0.29, 0.717) is 16.5 Å². The van der Waals surface area contributed by atoms with Gasteiger partial charge in [0.15, 0.2) is 34.4 Å². The number of ether oxygens (including phenoxy) is 1. The first-order valence-corrected chi connectivity index (χ1v) is 10.7. The van der Waals surface area contributed by atoms with Crippen molar-refractivity contribution >= 4 is 17.5 Å². The number of carbonyl (C=O) groups is 1. The third-order valence-corrected chi connectivity index (χ3v) is 5.53. The van der Waals surface area contributed by atoms with E-state index in [1.165, 1.54) is 17.8 Å². The van der Waals surface area contributed by atoms with Gasteiger partial charge >= 0.3 is 0 Å². The highest BCUT2D eigenvalue weighted by Gasteiger charge is 2.22. The summed E-state index contributed by atoms with van der Waals surface area (Å²) in [6.07, 6.45) is -0.566. The third kappa shape index (κ3) is 4.83. The average molecular weight is 434 g/mol. The number of aromatic nitrogens is 3. The molecule has 1 unspecified atom stereocenters. The lowest BCUT2D eigenvalue weighted by atomic mass is 10.2. The van der Waals surface area contributed by atoms with Crippen molar-refractivity contribution in [2.45, 2.75) is 18.2 Å². The van der Waals surface area contributed by atoms with Crippen LogP contribution in [-0.4, -0.2) is 26.3 Å². The van der Waals surface area contributed by atoms with Crippen LogP contribution in [0.1, 0.15) is 29.2 Å². The number of carbonyl (C=O) groups excluding carboxylic acids is 1. The molecule has 0 amide bonds. The van der Waals surface area contributed by atoms with Crippen molar-refractivity contribution in [2.24, 2.45) is 0 Å². The number of hydrogen-bond donors (Lipinski definition) is 0. The van der Waals surface area contributed by atoms with Crippen LogP contribution in [0, 0.1) is 5.82 Å². The van der Waals surface area contributed by atoms with Crippen molar-refractivity contribution in [3.8, 4) is 11.4 Å². The van der Waals surface area contributed by atoms with E-state index in [1.54, 1.807) is 37.3 Å². The highest BCUT2D eigenvalue weighted by molar-refractivity contribution is 7.99. The van der Waals surface area contributed by atoms with Crippen molar-refractivity contribution in [2.75, 3.05) is 5.75 Å². The lowest BCUT2D eigenvalue weighted by Crippen LogP contribution is -2.12. The summed E-state index contributed by atoms with van der Waals surface area (Å²) in [4.78, 5) is 12.5. The summed E-state index contributed by atoms with van der Waals surface area (Å²) in [5.74, 6) is 0.445. The van der Waals surface area contributed by atoms with E-state index in [-0.39, 0.29) is 17.3 Å². The topological polar surface area (TPSA) is 57.0 Å². The fourth-order valence-corrected chi connectivity index (χ4v) is 3.93. The molecule has 1 heterocycles. The Kier molecular flexibility index (Phi) is 6.43. The molecule has 0 N–H and O–H groups in total. The molecule has 0 fully saturated rings. The summed E-state index contributed by atoms with van der Waals surface area (Å²) in [5, 5.41) is 9.16. The maximum absolute atomic E-state index is 14.1. The Morgan fingerprint density at radius 1 is 0.968 bits per heavy atom. The molecule has 0 bridgehead atoms. The number of rotatable bonds is 8.